The zero-order chi connectivity index (χ0) is 14.8. The van der Waals surface area contributed by atoms with Crippen LogP contribution in [0.5, 0.6) is 0 Å². The van der Waals surface area contributed by atoms with Crippen LogP contribution in [0.4, 0.5) is 5.69 Å². The van der Waals surface area contributed by atoms with Gasteiger partial charge in [0.05, 0.1) is 0 Å². The predicted octanol–water partition coefficient (Wildman–Crippen LogP) is 2.04. The first-order valence-corrected chi connectivity index (χ1v) is 7.22. The van der Waals surface area contributed by atoms with Gasteiger partial charge < -0.3 is 16.0 Å². The molecule has 0 spiro atoms. The van der Waals surface area contributed by atoms with Crippen molar-refractivity contribution in [2.75, 3.05) is 32.4 Å². The van der Waals surface area contributed by atoms with Crippen molar-refractivity contribution < 1.29 is 4.79 Å². The Bertz CT molecular complexity index is 470. The lowest BCUT2D eigenvalue weighted by Crippen LogP contribution is -2.43. The molecule has 1 saturated heterocycles. The summed E-state index contributed by atoms with van der Waals surface area (Å²) in [6, 6.07) is 5.48. The Kier molecular flexibility index (Phi) is 4.33. The van der Waals surface area contributed by atoms with Gasteiger partial charge in [0, 0.05) is 17.8 Å². The van der Waals surface area contributed by atoms with E-state index in [0.29, 0.717) is 11.3 Å². The van der Waals surface area contributed by atoms with Crippen LogP contribution in [0.3, 0.4) is 0 Å². The number of likely N-dealkylation sites (tertiary alicyclic amines) is 1. The summed E-state index contributed by atoms with van der Waals surface area (Å²) in [5, 5.41) is 3.07. The fraction of sp³-hybridized carbons (Fsp3) is 0.562. The lowest BCUT2D eigenvalue weighted by Gasteiger charge is -2.37. The molecule has 0 bridgehead atoms. The topological polar surface area (TPSA) is 58.4 Å². The molecule has 0 unspecified atom stereocenters. The van der Waals surface area contributed by atoms with Crippen molar-refractivity contribution in [3.05, 3.63) is 29.3 Å². The molecule has 0 radical (unpaired) electrons. The van der Waals surface area contributed by atoms with E-state index in [1.807, 2.05) is 19.1 Å². The van der Waals surface area contributed by atoms with Crippen LogP contribution in [0.2, 0.25) is 0 Å². The van der Waals surface area contributed by atoms with Gasteiger partial charge in [0.15, 0.2) is 0 Å². The summed E-state index contributed by atoms with van der Waals surface area (Å²) in [4.78, 5) is 14.6. The van der Waals surface area contributed by atoms with Gasteiger partial charge in [0.2, 0.25) is 0 Å². The van der Waals surface area contributed by atoms with Crippen LogP contribution in [0.25, 0.3) is 0 Å². The molecule has 1 aromatic rings. The van der Waals surface area contributed by atoms with Gasteiger partial charge in [-0.15, -0.1) is 0 Å². The summed E-state index contributed by atoms with van der Waals surface area (Å²) in [6.07, 6.45) is 2.25. The highest BCUT2D eigenvalue weighted by molar-refractivity contribution is 5.95. The summed E-state index contributed by atoms with van der Waals surface area (Å²) in [5.74, 6) is -0.0273. The average Bonchev–Trinajstić information content (AvgIpc) is 2.39. The highest BCUT2D eigenvalue weighted by Crippen LogP contribution is 2.29. The van der Waals surface area contributed by atoms with Gasteiger partial charge in [-0.25, -0.2) is 0 Å². The minimum absolute atomic E-state index is 0.0273. The second-order valence-corrected chi connectivity index (χ2v) is 6.43. The number of carbonyl (C=O) groups is 1. The first-order chi connectivity index (χ1) is 9.38. The first kappa shape index (κ1) is 14.9. The Hall–Kier alpha value is -1.55. The highest BCUT2D eigenvalue weighted by atomic mass is 16.1. The van der Waals surface area contributed by atoms with E-state index in [4.69, 9.17) is 5.73 Å². The second-order valence-electron chi connectivity index (χ2n) is 6.43. The normalized spacial score (nSPS) is 18.8. The molecule has 110 valence electrons. The number of amides is 1. The quantitative estimate of drug-likeness (QED) is 0.830. The molecular weight excluding hydrogens is 250 g/mol. The minimum atomic E-state index is -0.0273. The van der Waals surface area contributed by atoms with E-state index in [9.17, 15) is 4.79 Å². The highest BCUT2D eigenvalue weighted by Gasteiger charge is 2.29. The number of carbonyl (C=O) groups excluding carboxylic acids is 1. The zero-order valence-electron chi connectivity index (χ0n) is 12.7. The predicted molar refractivity (Wildman–Crippen MR) is 82.8 cm³/mol. The number of anilines is 1. The number of hydrogen-bond acceptors (Lipinski definition) is 3. The van der Waals surface area contributed by atoms with Crippen molar-refractivity contribution in [2.24, 2.45) is 5.41 Å². The number of aryl methyl sites for hydroxylation is 1. The number of nitrogens with zero attached hydrogens (tertiary/aromatic N) is 1. The van der Waals surface area contributed by atoms with Gasteiger partial charge in [0.1, 0.15) is 0 Å². The van der Waals surface area contributed by atoms with Gasteiger partial charge in [-0.3, -0.25) is 4.79 Å². The largest absolute Gasteiger partial charge is 0.399 e. The van der Waals surface area contributed by atoms with E-state index in [2.05, 4.69) is 24.2 Å². The van der Waals surface area contributed by atoms with E-state index in [1.54, 1.807) is 6.07 Å². The summed E-state index contributed by atoms with van der Waals surface area (Å²) in [7, 11) is 2.15. The molecule has 3 N–H and O–H groups in total. The molecular formula is C16H25N3O. The number of nitrogen functional groups attached to an aromatic ring is 1. The fourth-order valence-corrected chi connectivity index (χ4v) is 2.67. The molecule has 0 atom stereocenters. The smallest absolute Gasteiger partial charge is 0.251 e. The number of hydrogen-bond donors (Lipinski definition) is 2. The van der Waals surface area contributed by atoms with E-state index in [1.165, 1.54) is 0 Å². The Morgan fingerprint density at radius 2 is 2.00 bits per heavy atom. The molecule has 1 aliphatic rings. The van der Waals surface area contributed by atoms with Crippen LogP contribution in [-0.2, 0) is 0 Å². The standard InChI is InChI=1S/C16H25N3O/c1-12-8-13(10-14(17)9-12)15(20)18-11-16(2)4-6-19(3)7-5-16/h8-10H,4-7,11,17H2,1-3H3,(H,18,20). The Morgan fingerprint density at radius 1 is 1.35 bits per heavy atom. The van der Waals surface area contributed by atoms with Crippen molar-refractivity contribution >= 4 is 11.6 Å². The van der Waals surface area contributed by atoms with Crippen molar-refractivity contribution in [3.63, 3.8) is 0 Å². The molecule has 1 heterocycles. The van der Waals surface area contributed by atoms with Crippen LogP contribution in [0, 0.1) is 12.3 Å². The lowest BCUT2D eigenvalue weighted by atomic mass is 9.80. The van der Waals surface area contributed by atoms with Crippen LogP contribution < -0.4 is 11.1 Å². The molecule has 0 saturated carbocycles. The first-order valence-electron chi connectivity index (χ1n) is 7.22. The number of nitrogens with one attached hydrogen (secondary N) is 1. The van der Waals surface area contributed by atoms with Gasteiger partial charge in [-0.1, -0.05) is 6.92 Å². The van der Waals surface area contributed by atoms with Crippen molar-refractivity contribution in [1.29, 1.82) is 0 Å². The molecule has 2 rings (SSSR count). The SMILES string of the molecule is Cc1cc(N)cc(C(=O)NCC2(C)CCN(C)CC2)c1. The third-order valence-corrected chi connectivity index (χ3v) is 4.23. The molecule has 1 fully saturated rings. The van der Waals surface area contributed by atoms with Gasteiger partial charge in [-0.2, -0.15) is 0 Å². The van der Waals surface area contributed by atoms with Gasteiger partial charge >= 0.3 is 0 Å². The molecule has 0 aliphatic carbocycles. The summed E-state index contributed by atoms with van der Waals surface area (Å²) >= 11 is 0. The Labute approximate surface area is 121 Å². The molecule has 20 heavy (non-hydrogen) atoms. The number of nitrogens with two attached hydrogens (primary N) is 1. The monoisotopic (exact) mass is 275 g/mol. The summed E-state index contributed by atoms with van der Waals surface area (Å²) < 4.78 is 0. The lowest BCUT2D eigenvalue weighted by molar-refractivity contribution is 0.0891. The van der Waals surface area contributed by atoms with E-state index in [-0.39, 0.29) is 11.3 Å². The van der Waals surface area contributed by atoms with Gasteiger partial charge in [-0.05, 0) is 69.1 Å². The minimum Gasteiger partial charge on any atom is -0.399 e. The zero-order valence-corrected chi connectivity index (χ0v) is 12.7. The third-order valence-electron chi connectivity index (χ3n) is 4.23. The maximum Gasteiger partial charge on any atom is 0.251 e. The molecule has 1 amide bonds. The average molecular weight is 275 g/mol. The van der Waals surface area contributed by atoms with Crippen molar-refractivity contribution in [2.45, 2.75) is 26.7 Å². The molecule has 0 aromatic heterocycles. The molecule has 4 heteroatoms. The van der Waals surface area contributed by atoms with Crippen LogP contribution in [-0.4, -0.2) is 37.5 Å². The van der Waals surface area contributed by atoms with Crippen molar-refractivity contribution in [3.8, 4) is 0 Å². The number of piperidine rings is 1. The second kappa shape index (κ2) is 5.83. The van der Waals surface area contributed by atoms with Crippen molar-refractivity contribution in [1.82, 2.24) is 10.2 Å². The third kappa shape index (κ3) is 3.73. The molecule has 4 nitrogen and oxygen atoms in total. The maximum absolute atomic E-state index is 12.2. The molecule has 1 aromatic carbocycles. The fourth-order valence-electron chi connectivity index (χ4n) is 2.67. The number of benzene rings is 1. The maximum atomic E-state index is 12.2. The van der Waals surface area contributed by atoms with Gasteiger partial charge in [0.25, 0.3) is 5.91 Å². The van der Waals surface area contributed by atoms with Crippen LogP contribution in [0.15, 0.2) is 18.2 Å². The van der Waals surface area contributed by atoms with Crippen LogP contribution >= 0.6 is 0 Å². The van der Waals surface area contributed by atoms with E-state index >= 15 is 0 Å². The van der Waals surface area contributed by atoms with E-state index in [0.717, 1.165) is 38.0 Å². The number of rotatable bonds is 3. The Morgan fingerprint density at radius 3 is 2.60 bits per heavy atom. The van der Waals surface area contributed by atoms with Crippen LogP contribution in [0.1, 0.15) is 35.7 Å². The van der Waals surface area contributed by atoms with E-state index < -0.39 is 0 Å². The summed E-state index contributed by atoms with van der Waals surface area (Å²) in [5.41, 5.74) is 8.30. The Balaban J connectivity index is 1.95. The molecule has 1 aliphatic heterocycles. The summed E-state index contributed by atoms with van der Waals surface area (Å²) in [6.45, 7) is 7.14.